The maximum absolute atomic E-state index is 6.02. The quantitative estimate of drug-likeness (QED) is 0.290. The summed E-state index contributed by atoms with van der Waals surface area (Å²) in [7, 11) is 1.81. The van der Waals surface area contributed by atoms with Crippen molar-refractivity contribution in [1.82, 2.24) is 10.6 Å². The number of furan rings is 1. The van der Waals surface area contributed by atoms with E-state index >= 15 is 0 Å². The molecule has 0 radical (unpaired) electrons. The molecule has 30 heavy (non-hydrogen) atoms. The van der Waals surface area contributed by atoms with Crippen LogP contribution in [-0.2, 0) is 16.7 Å². The Balaban J connectivity index is 0.00000256. The molecule has 3 aromatic rings. The number of guanidine groups is 1. The number of aliphatic imine (C=N–C) groups is 1. The third kappa shape index (κ3) is 4.81. The van der Waals surface area contributed by atoms with E-state index in [0.717, 1.165) is 55.3 Å². The second-order valence-electron chi connectivity index (χ2n) is 7.68. The van der Waals surface area contributed by atoms with Crippen molar-refractivity contribution < 1.29 is 9.15 Å². The van der Waals surface area contributed by atoms with Crippen molar-refractivity contribution in [1.29, 1.82) is 0 Å². The molecule has 1 aromatic heterocycles. The van der Waals surface area contributed by atoms with Gasteiger partial charge < -0.3 is 19.8 Å². The van der Waals surface area contributed by atoms with E-state index in [4.69, 9.17) is 9.15 Å². The van der Waals surface area contributed by atoms with Crippen LogP contribution >= 0.6 is 24.0 Å². The summed E-state index contributed by atoms with van der Waals surface area (Å²) in [6.07, 6.45) is 2.01. The van der Waals surface area contributed by atoms with E-state index in [1.807, 2.05) is 18.2 Å². The van der Waals surface area contributed by atoms with E-state index in [2.05, 4.69) is 58.9 Å². The maximum atomic E-state index is 6.02. The SMILES string of the molecule is CN=C(NCc1oc2ccccc2c1C)NCC1(c2ccccc2)CCOCC1.I. The molecule has 2 heterocycles. The summed E-state index contributed by atoms with van der Waals surface area (Å²) in [6.45, 7) is 5.10. The number of halogens is 1. The van der Waals surface area contributed by atoms with Crippen molar-refractivity contribution in [2.45, 2.75) is 31.7 Å². The van der Waals surface area contributed by atoms with Gasteiger partial charge in [0.25, 0.3) is 0 Å². The number of nitrogens with one attached hydrogen (secondary N) is 2. The molecule has 0 unspecified atom stereocenters. The van der Waals surface area contributed by atoms with Gasteiger partial charge in [0, 0.05) is 43.2 Å². The lowest BCUT2D eigenvalue weighted by molar-refractivity contribution is 0.0514. The lowest BCUT2D eigenvalue weighted by Crippen LogP contribution is -2.47. The fraction of sp³-hybridized carbons (Fsp3) is 0.375. The molecule has 1 saturated heterocycles. The first-order chi connectivity index (χ1) is 14.2. The van der Waals surface area contributed by atoms with Gasteiger partial charge in [-0.1, -0.05) is 48.5 Å². The third-order valence-corrected chi connectivity index (χ3v) is 6.01. The molecular formula is C24H30IN3O2. The van der Waals surface area contributed by atoms with Gasteiger partial charge in [0.1, 0.15) is 11.3 Å². The van der Waals surface area contributed by atoms with Crippen LogP contribution in [0.25, 0.3) is 11.0 Å². The lowest BCUT2D eigenvalue weighted by Gasteiger charge is -2.38. The minimum Gasteiger partial charge on any atom is -0.459 e. The van der Waals surface area contributed by atoms with Crippen molar-refractivity contribution in [3.05, 3.63) is 71.5 Å². The molecule has 0 saturated carbocycles. The average molecular weight is 519 g/mol. The molecule has 1 aliphatic heterocycles. The molecule has 0 amide bonds. The van der Waals surface area contributed by atoms with Crippen LogP contribution in [0.1, 0.15) is 29.7 Å². The Morgan fingerprint density at radius 3 is 2.40 bits per heavy atom. The molecule has 1 fully saturated rings. The van der Waals surface area contributed by atoms with Gasteiger partial charge in [0.15, 0.2) is 5.96 Å². The molecule has 0 aliphatic carbocycles. The summed E-state index contributed by atoms with van der Waals surface area (Å²) < 4.78 is 11.7. The van der Waals surface area contributed by atoms with Gasteiger partial charge in [0.05, 0.1) is 6.54 Å². The summed E-state index contributed by atoms with van der Waals surface area (Å²) in [5.74, 6) is 1.73. The predicted octanol–water partition coefficient (Wildman–Crippen LogP) is 4.77. The summed E-state index contributed by atoms with van der Waals surface area (Å²) in [5.41, 5.74) is 3.52. The number of hydrogen-bond donors (Lipinski definition) is 2. The van der Waals surface area contributed by atoms with Gasteiger partial charge in [-0.05, 0) is 31.4 Å². The molecule has 0 spiro atoms. The van der Waals surface area contributed by atoms with Crippen LogP contribution in [0.4, 0.5) is 0 Å². The summed E-state index contributed by atoms with van der Waals surface area (Å²) >= 11 is 0. The fourth-order valence-corrected chi connectivity index (χ4v) is 4.15. The molecule has 2 N–H and O–H groups in total. The Bertz CT molecular complexity index is 979. The Morgan fingerprint density at radius 2 is 1.70 bits per heavy atom. The number of aryl methyl sites for hydroxylation is 1. The fourth-order valence-electron chi connectivity index (χ4n) is 4.15. The molecule has 2 aromatic carbocycles. The van der Waals surface area contributed by atoms with E-state index in [-0.39, 0.29) is 29.4 Å². The summed E-state index contributed by atoms with van der Waals surface area (Å²) in [6, 6.07) is 18.9. The maximum Gasteiger partial charge on any atom is 0.191 e. The molecule has 5 nitrogen and oxygen atoms in total. The average Bonchev–Trinajstić information content (AvgIpc) is 3.11. The standard InChI is InChI=1S/C24H29N3O2.HI/c1-18-20-10-6-7-11-21(20)29-22(18)16-26-23(25-2)27-17-24(12-14-28-15-13-24)19-8-4-3-5-9-19;/h3-11H,12-17H2,1-2H3,(H2,25,26,27);1H. The molecule has 0 bridgehead atoms. The van der Waals surface area contributed by atoms with Crippen LogP contribution in [0.5, 0.6) is 0 Å². The monoisotopic (exact) mass is 519 g/mol. The normalized spacial score (nSPS) is 16.1. The highest BCUT2D eigenvalue weighted by atomic mass is 127. The van der Waals surface area contributed by atoms with Gasteiger partial charge in [-0.25, -0.2) is 0 Å². The first-order valence-corrected chi connectivity index (χ1v) is 10.3. The number of para-hydroxylation sites is 1. The van der Waals surface area contributed by atoms with Crippen LogP contribution in [0, 0.1) is 6.92 Å². The van der Waals surface area contributed by atoms with Gasteiger partial charge in [-0.2, -0.15) is 0 Å². The first-order valence-electron chi connectivity index (χ1n) is 10.3. The molecular weight excluding hydrogens is 489 g/mol. The van der Waals surface area contributed by atoms with Gasteiger partial charge in [-0.15, -0.1) is 24.0 Å². The van der Waals surface area contributed by atoms with Crippen molar-refractivity contribution in [2.75, 3.05) is 26.8 Å². The highest BCUT2D eigenvalue weighted by Crippen LogP contribution is 2.34. The molecule has 1 aliphatic rings. The van der Waals surface area contributed by atoms with Gasteiger partial charge in [0.2, 0.25) is 0 Å². The second-order valence-corrected chi connectivity index (χ2v) is 7.68. The number of ether oxygens (including phenoxy) is 1. The van der Waals surface area contributed by atoms with Crippen molar-refractivity contribution in [3.8, 4) is 0 Å². The minimum atomic E-state index is 0. The molecule has 4 rings (SSSR count). The van der Waals surface area contributed by atoms with E-state index in [0.29, 0.717) is 6.54 Å². The van der Waals surface area contributed by atoms with E-state index < -0.39 is 0 Å². The van der Waals surface area contributed by atoms with E-state index in [1.54, 1.807) is 7.05 Å². The second kappa shape index (κ2) is 10.3. The number of nitrogens with zero attached hydrogens (tertiary/aromatic N) is 1. The molecule has 160 valence electrons. The number of fused-ring (bicyclic) bond motifs is 1. The van der Waals surface area contributed by atoms with E-state index in [9.17, 15) is 0 Å². The third-order valence-electron chi connectivity index (χ3n) is 6.01. The largest absolute Gasteiger partial charge is 0.459 e. The Labute approximate surface area is 195 Å². The Hall–Kier alpha value is -2.06. The smallest absolute Gasteiger partial charge is 0.191 e. The van der Waals surface area contributed by atoms with Crippen LogP contribution in [0.3, 0.4) is 0 Å². The van der Waals surface area contributed by atoms with Crippen molar-refractivity contribution >= 4 is 40.9 Å². The van der Waals surface area contributed by atoms with Crippen LogP contribution in [-0.4, -0.2) is 32.8 Å². The zero-order valence-electron chi connectivity index (χ0n) is 17.6. The zero-order chi connectivity index (χ0) is 20.1. The first kappa shape index (κ1) is 22.6. The van der Waals surface area contributed by atoms with Crippen LogP contribution in [0.15, 0.2) is 64.0 Å². The lowest BCUT2D eigenvalue weighted by atomic mass is 9.74. The summed E-state index contributed by atoms with van der Waals surface area (Å²) in [5, 5.41) is 8.12. The molecule has 6 heteroatoms. The molecule has 0 atom stereocenters. The van der Waals surface area contributed by atoms with Gasteiger partial charge in [-0.3, -0.25) is 4.99 Å². The Kier molecular flexibility index (Phi) is 7.77. The Morgan fingerprint density at radius 1 is 1.00 bits per heavy atom. The number of rotatable bonds is 5. The highest BCUT2D eigenvalue weighted by Gasteiger charge is 2.34. The van der Waals surface area contributed by atoms with Crippen molar-refractivity contribution in [2.24, 2.45) is 4.99 Å². The zero-order valence-corrected chi connectivity index (χ0v) is 19.9. The highest BCUT2D eigenvalue weighted by molar-refractivity contribution is 14.0. The van der Waals surface area contributed by atoms with E-state index in [1.165, 1.54) is 11.1 Å². The topological polar surface area (TPSA) is 58.8 Å². The van der Waals surface area contributed by atoms with Gasteiger partial charge >= 0.3 is 0 Å². The van der Waals surface area contributed by atoms with Crippen LogP contribution < -0.4 is 10.6 Å². The minimum absolute atomic E-state index is 0. The summed E-state index contributed by atoms with van der Waals surface area (Å²) in [4.78, 5) is 4.42. The van der Waals surface area contributed by atoms with Crippen LogP contribution in [0.2, 0.25) is 0 Å². The van der Waals surface area contributed by atoms with Crippen molar-refractivity contribution in [3.63, 3.8) is 0 Å². The number of hydrogen-bond acceptors (Lipinski definition) is 3. The predicted molar refractivity (Wildman–Crippen MR) is 133 cm³/mol. The number of benzene rings is 2.